The number of fused-ring (bicyclic) bond motifs is 1. The number of aromatic amines is 1. The highest BCUT2D eigenvalue weighted by Crippen LogP contribution is 2.29. The molecule has 21 heavy (non-hydrogen) atoms. The van der Waals surface area contributed by atoms with Gasteiger partial charge in [-0.3, -0.25) is 4.57 Å². The smallest absolute Gasteiger partial charge is 0.343 e. The molecule has 0 aliphatic rings. The molecule has 0 aliphatic carbocycles. The molecule has 8 heteroatoms. The largest absolute Gasteiger partial charge is 0.478 e. The van der Waals surface area contributed by atoms with Crippen molar-refractivity contribution in [2.24, 2.45) is 7.05 Å². The van der Waals surface area contributed by atoms with E-state index in [9.17, 15) is 14.7 Å². The van der Waals surface area contributed by atoms with Crippen molar-refractivity contribution >= 4 is 28.6 Å². The number of para-hydroxylation sites is 1. The number of nitrogens with zero attached hydrogens (tertiary/aromatic N) is 3. The van der Waals surface area contributed by atoms with Crippen LogP contribution in [0.4, 0.5) is 0 Å². The molecule has 2 aromatic heterocycles. The third kappa shape index (κ3) is 2.40. The van der Waals surface area contributed by atoms with Crippen molar-refractivity contribution in [3.05, 3.63) is 46.4 Å². The molecule has 0 unspecified atom stereocenters. The Kier molecular flexibility index (Phi) is 3.22. The van der Waals surface area contributed by atoms with Gasteiger partial charge >= 0.3 is 11.7 Å². The minimum atomic E-state index is -1.07. The van der Waals surface area contributed by atoms with Crippen LogP contribution in [0.2, 0.25) is 0 Å². The van der Waals surface area contributed by atoms with Gasteiger partial charge in [0.25, 0.3) is 0 Å². The number of carboxylic acid groups (broad SMARTS) is 1. The molecular weight excluding hydrogens is 292 g/mol. The molecule has 0 fully saturated rings. The van der Waals surface area contributed by atoms with Crippen molar-refractivity contribution in [2.45, 2.75) is 10.2 Å². The van der Waals surface area contributed by atoms with Gasteiger partial charge in [-0.05, 0) is 23.9 Å². The molecular formula is C13H10N4O3S. The summed E-state index contributed by atoms with van der Waals surface area (Å²) in [6.07, 6.45) is 0. The third-order valence-electron chi connectivity index (χ3n) is 2.95. The molecule has 0 saturated heterocycles. The van der Waals surface area contributed by atoms with Crippen molar-refractivity contribution in [3.63, 3.8) is 0 Å². The van der Waals surface area contributed by atoms with Crippen LogP contribution in [0.25, 0.3) is 10.9 Å². The minimum Gasteiger partial charge on any atom is -0.478 e. The van der Waals surface area contributed by atoms with Crippen molar-refractivity contribution < 1.29 is 9.90 Å². The summed E-state index contributed by atoms with van der Waals surface area (Å²) in [5.74, 6) is -1.07. The molecule has 0 bridgehead atoms. The summed E-state index contributed by atoms with van der Waals surface area (Å²) in [7, 11) is 1.55. The zero-order valence-corrected chi connectivity index (χ0v) is 11.7. The van der Waals surface area contributed by atoms with E-state index in [-0.39, 0.29) is 11.3 Å². The quantitative estimate of drug-likeness (QED) is 0.760. The first kappa shape index (κ1) is 13.4. The summed E-state index contributed by atoms with van der Waals surface area (Å²) in [4.78, 5) is 27.1. The topological polar surface area (TPSA) is 101 Å². The third-order valence-corrected chi connectivity index (χ3v) is 4.00. The molecule has 0 aliphatic heterocycles. The summed E-state index contributed by atoms with van der Waals surface area (Å²) in [5, 5.41) is 16.9. The average molecular weight is 302 g/mol. The number of H-pyrrole nitrogens is 1. The van der Waals surface area contributed by atoms with Crippen LogP contribution in [0.3, 0.4) is 0 Å². The van der Waals surface area contributed by atoms with Crippen LogP contribution in [0.1, 0.15) is 10.4 Å². The fourth-order valence-corrected chi connectivity index (χ4v) is 2.72. The predicted octanol–water partition coefficient (Wildman–Crippen LogP) is 1.51. The Labute approximate surface area is 122 Å². The summed E-state index contributed by atoms with van der Waals surface area (Å²) in [6.45, 7) is 0. The van der Waals surface area contributed by atoms with Gasteiger partial charge in [-0.1, -0.05) is 18.2 Å². The van der Waals surface area contributed by atoms with Crippen LogP contribution in [0, 0.1) is 0 Å². The highest BCUT2D eigenvalue weighted by atomic mass is 32.2. The molecule has 0 radical (unpaired) electrons. The van der Waals surface area contributed by atoms with Crippen molar-refractivity contribution in [2.75, 3.05) is 0 Å². The number of aromatic nitrogens is 4. The fourth-order valence-electron chi connectivity index (χ4n) is 1.84. The Morgan fingerprint density at radius 1 is 1.38 bits per heavy atom. The summed E-state index contributed by atoms with van der Waals surface area (Å²) >= 11 is 1.03. The maximum atomic E-state index is 11.4. The number of carbonyl (C=O) groups is 1. The summed E-state index contributed by atoms with van der Waals surface area (Å²) in [5.41, 5.74) is 0.398. The number of benzene rings is 1. The lowest BCUT2D eigenvalue weighted by Crippen LogP contribution is -2.13. The van der Waals surface area contributed by atoms with Crippen molar-refractivity contribution in [1.82, 2.24) is 19.7 Å². The highest BCUT2D eigenvalue weighted by molar-refractivity contribution is 7.99. The summed E-state index contributed by atoms with van der Waals surface area (Å²) in [6, 6.07) is 8.81. The number of carboxylic acids is 1. The second kappa shape index (κ2) is 5.06. The van der Waals surface area contributed by atoms with Crippen molar-refractivity contribution in [1.29, 1.82) is 0 Å². The molecule has 0 spiro atoms. The van der Waals surface area contributed by atoms with Gasteiger partial charge in [0.15, 0.2) is 5.16 Å². The number of hydrogen-bond acceptors (Lipinski definition) is 5. The molecule has 0 amide bonds. The summed E-state index contributed by atoms with van der Waals surface area (Å²) < 4.78 is 1.30. The SMILES string of the molecule is Cn1c(Sc2nc3ccccc3cc2C(=O)O)n[nH]c1=O. The minimum absolute atomic E-state index is 0.0779. The molecule has 3 rings (SSSR count). The maximum Gasteiger partial charge on any atom is 0.343 e. The Bertz CT molecular complexity index is 900. The van der Waals surface area contributed by atoms with Crippen LogP contribution >= 0.6 is 11.8 Å². The first-order chi connectivity index (χ1) is 10.1. The zero-order valence-electron chi connectivity index (χ0n) is 10.9. The molecule has 0 atom stereocenters. The van der Waals surface area contributed by atoms with Crippen LogP contribution < -0.4 is 5.69 Å². The molecule has 1 aromatic carbocycles. The molecule has 2 heterocycles. The number of rotatable bonds is 3. The van der Waals surface area contributed by atoms with E-state index in [4.69, 9.17) is 0 Å². The van der Waals surface area contributed by atoms with E-state index < -0.39 is 5.97 Å². The number of nitrogens with one attached hydrogen (secondary N) is 1. The van der Waals surface area contributed by atoms with E-state index in [2.05, 4.69) is 15.2 Å². The molecule has 7 nitrogen and oxygen atoms in total. The van der Waals surface area contributed by atoms with Crippen LogP contribution in [-0.2, 0) is 7.05 Å². The Hall–Kier alpha value is -2.61. The van der Waals surface area contributed by atoms with Gasteiger partial charge in [0.05, 0.1) is 11.1 Å². The number of pyridine rings is 1. The van der Waals surface area contributed by atoms with E-state index >= 15 is 0 Å². The van der Waals surface area contributed by atoms with Crippen LogP contribution in [-0.4, -0.2) is 30.8 Å². The van der Waals surface area contributed by atoms with Gasteiger partial charge in [0.2, 0.25) is 0 Å². The second-order valence-electron chi connectivity index (χ2n) is 4.31. The van der Waals surface area contributed by atoms with E-state index in [1.54, 1.807) is 25.2 Å². The molecule has 3 aromatic rings. The average Bonchev–Trinajstić information content (AvgIpc) is 2.78. The predicted molar refractivity (Wildman–Crippen MR) is 76.7 cm³/mol. The number of hydrogen-bond donors (Lipinski definition) is 2. The van der Waals surface area contributed by atoms with E-state index in [0.717, 1.165) is 17.1 Å². The van der Waals surface area contributed by atoms with E-state index in [1.807, 2.05) is 12.1 Å². The van der Waals surface area contributed by atoms with Gasteiger partial charge < -0.3 is 5.11 Å². The fraction of sp³-hybridized carbons (Fsp3) is 0.0769. The van der Waals surface area contributed by atoms with Gasteiger partial charge in [-0.15, -0.1) is 5.10 Å². The lowest BCUT2D eigenvalue weighted by molar-refractivity contribution is 0.0692. The normalized spacial score (nSPS) is 10.9. The van der Waals surface area contributed by atoms with Gasteiger partial charge in [-0.25, -0.2) is 19.7 Å². The lowest BCUT2D eigenvalue weighted by atomic mass is 10.1. The van der Waals surface area contributed by atoms with Gasteiger partial charge in [-0.2, -0.15) is 0 Å². The Morgan fingerprint density at radius 2 is 2.14 bits per heavy atom. The van der Waals surface area contributed by atoms with Gasteiger partial charge in [0.1, 0.15) is 5.03 Å². The maximum absolute atomic E-state index is 11.4. The second-order valence-corrected chi connectivity index (χ2v) is 5.27. The standard InChI is InChI=1S/C13H10N4O3S/c1-17-12(20)15-16-13(17)21-10-8(11(18)19)6-7-4-2-3-5-9(7)14-10/h2-6H,1H3,(H,15,20)(H,18,19). The molecule has 0 saturated carbocycles. The first-order valence-corrected chi connectivity index (χ1v) is 6.80. The highest BCUT2D eigenvalue weighted by Gasteiger charge is 2.17. The van der Waals surface area contributed by atoms with Crippen molar-refractivity contribution in [3.8, 4) is 0 Å². The van der Waals surface area contributed by atoms with E-state index in [1.165, 1.54) is 4.57 Å². The number of aromatic carboxylic acids is 1. The Balaban J connectivity index is 2.15. The van der Waals surface area contributed by atoms with Crippen LogP contribution in [0.5, 0.6) is 0 Å². The van der Waals surface area contributed by atoms with Gasteiger partial charge in [0, 0.05) is 12.4 Å². The lowest BCUT2D eigenvalue weighted by Gasteiger charge is -2.06. The van der Waals surface area contributed by atoms with E-state index in [0.29, 0.717) is 15.7 Å². The molecule has 106 valence electrons. The first-order valence-electron chi connectivity index (χ1n) is 5.98. The molecule has 2 N–H and O–H groups in total. The zero-order chi connectivity index (χ0) is 15.0. The Morgan fingerprint density at radius 3 is 2.81 bits per heavy atom. The monoisotopic (exact) mass is 302 g/mol. The van der Waals surface area contributed by atoms with Crippen LogP contribution in [0.15, 0.2) is 45.3 Å².